The molecule has 1 amide bonds. The van der Waals surface area contributed by atoms with E-state index in [4.69, 9.17) is 9.40 Å². The largest absolute Gasteiger partial charge is 0.466 e. The molecule has 6 rings (SSSR count). The summed E-state index contributed by atoms with van der Waals surface area (Å²) in [6.45, 7) is 7.87. The van der Waals surface area contributed by atoms with Gasteiger partial charge in [-0.15, -0.1) is 5.10 Å². The smallest absolute Gasteiger partial charge is 0.256 e. The standard InChI is InChI=1S/C26H26N8O2/c1-14(2)33-25-22(13-27-33)21(12-23(29-25)20-10-15(3)36-16(20)4)26(35)28-18-7-5-6-17(11-18)24-30-31-32-34(24)19-8-9-19/h5-7,10-14,19H,8-9H2,1-4H3,(H,28,35). The Morgan fingerprint density at radius 1 is 1.17 bits per heavy atom. The number of carbonyl (C=O) groups excluding carboxylic acids is 1. The van der Waals surface area contributed by atoms with E-state index in [1.54, 1.807) is 12.3 Å². The van der Waals surface area contributed by atoms with Crippen molar-refractivity contribution < 1.29 is 9.21 Å². The Morgan fingerprint density at radius 2 is 2.00 bits per heavy atom. The molecule has 0 spiro atoms. The van der Waals surface area contributed by atoms with Crippen molar-refractivity contribution in [3.63, 3.8) is 0 Å². The van der Waals surface area contributed by atoms with Gasteiger partial charge in [0.05, 0.1) is 28.9 Å². The molecule has 1 aliphatic rings. The third kappa shape index (κ3) is 3.84. The normalized spacial score (nSPS) is 13.6. The minimum atomic E-state index is -0.247. The molecule has 4 heterocycles. The van der Waals surface area contributed by atoms with Crippen LogP contribution in [0.25, 0.3) is 33.7 Å². The first kappa shape index (κ1) is 22.1. The van der Waals surface area contributed by atoms with E-state index in [1.807, 2.05) is 67.4 Å². The van der Waals surface area contributed by atoms with Crippen LogP contribution in [0.4, 0.5) is 5.69 Å². The maximum atomic E-state index is 13.6. The zero-order chi connectivity index (χ0) is 25.0. The van der Waals surface area contributed by atoms with Gasteiger partial charge in [-0.25, -0.2) is 14.3 Å². The summed E-state index contributed by atoms with van der Waals surface area (Å²) in [5, 5.41) is 20.4. The molecule has 36 heavy (non-hydrogen) atoms. The van der Waals surface area contributed by atoms with Gasteiger partial charge >= 0.3 is 0 Å². The SMILES string of the molecule is Cc1cc(-c2cc(C(=O)Nc3cccc(-c4nnnn4C4CC4)c3)c3cnn(C(C)C)c3n2)c(C)o1. The molecule has 4 aromatic heterocycles. The Morgan fingerprint density at radius 3 is 2.72 bits per heavy atom. The first-order valence-corrected chi connectivity index (χ1v) is 12.0. The highest BCUT2D eigenvalue weighted by Gasteiger charge is 2.28. The second-order valence-electron chi connectivity index (χ2n) is 9.52. The highest BCUT2D eigenvalue weighted by molar-refractivity contribution is 6.12. The average Bonchev–Trinajstić information content (AvgIpc) is 3.25. The van der Waals surface area contributed by atoms with Gasteiger partial charge in [-0.05, 0) is 75.2 Å². The van der Waals surface area contributed by atoms with Crippen molar-refractivity contribution in [1.29, 1.82) is 0 Å². The van der Waals surface area contributed by atoms with Gasteiger partial charge in [0.1, 0.15) is 11.5 Å². The lowest BCUT2D eigenvalue weighted by Crippen LogP contribution is -2.13. The van der Waals surface area contributed by atoms with E-state index in [2.05, 4.69) is 25.9 Å². The number of aryl methyl sites for hydroxylation is 2. The van der Waals surface area contributed by atoms with Gasteiger partial charge in [-0.1, -0.05) is 12.1 Å². The molecule has 0 bridgehead atoms. The number of nitrogens with zero attached hydrogens (tertiary/aromatic N) is 7. The van der Waals surface area contributed by atoms with Crippen LogP contribution in [0.1, 0.15) is 60.7 Å². The lowest BCUT2D eigenvalue weighted by molar-refractivity contribution is 0.102. The molecule has 0 atom stereocenters. The van der Waals surface area contributed by atoms with Crippen LogP contribution in [0, 0.1) is 13.8 Å². The molecular formula is C26H26N8O2. The van der Waals surface area contributed by atoms with Gasteiger partial charge in [-0.3, -0.25) is 4.79 Å². The van der Waals surface area contributed by atoms with Gasteiger partial charge in [0.15, 0.2) is 11.5 Å². The van der Waals surface area contributed by atoms with E-state index in [-0.39, 0.29) is 11.9 Å². The topological polar surface area (TPSA) is 117 Å². The lowest BCUT2D eigenvalue weighted by atomic mass is 10.1. The summed E-state index contributed by atoms with van der Waals surface area (Å²) >= 11 is 0. The predicted octanol–water partition coefficient (Wildman–Crippen LogP) is 5.13. The number of rotatable bonds is 6. The quantitative estimate of drug-likeness (QED) is 0.356. The fourth-order valence-corrected chi connectivity index (χ4v) is 4.49. The van der Waals surface area contributed by atoms with Crippen LogP contribution in [0.3, 0.4) is 0 Å². The summed E-state index contributed by atoms with van der Waals surface area (Å²) in [7, 11) is 0. The molecule has 1 saturated carbocycles. The molecule has 1 N–H and O–H groups in total. The fraction of sp³-hybridized carbons (Fsp3) is 0.308. The lowest BCUT2D eigenvalue weighted by Gasteiger charge is -2.11. The van der Waals surface area contributed by atoms with Gasteiger partial charge in [0.2, 0.25) is 0 Å². The maximum Gasteiger partial charge on any atom is 0.256 e. The van der Waals surface area contributed by atoms with E-state index in [9.17, 15) is 4.79 Å². The Balaban J connectivity index is 1.40. The minimum absolute atomic E-state index is 0.0856. The van der Waals surface area contributed by atoms with Crippen LogP contribution in [-0.2, 0) is 0 Å². The van der Waals surface area contributed by atoms with E-state index in [1.165, 1.54) is 0 Å². The number of furan rings is 1. The molecule has 1 fully saturated rings. The van der Waals surface area contributed by atoms with Crippen LogP contribution < -0.4 is 5.32 Å². The van der Waals surface area contributed by atoms with Crippen LogP contribution in [-0.4, -0.2) is 40.9 Å². The molecule has 1 aliphatic carbocycles. The zero-order valence-corrected chi connectivity index (χ0v) is 20.6. The second kappa shape index (κ2) is 8.40. The minimum Gasteiger partial charge on any atom is -0.466 e. The number of anilines is 1. The Bertz CT molecular complexity index is 1610. The number of nitrogens with one attached hydrogen (secondary N) is 1. The van der Waals surface area contributed by atoms with Crippen molar-refractivity contribution in [1.82, 2.24) is 35.0 Å². The number of pyridine rings is 1. The highest BCUT2D eigenvalue weighted by Crippen LogP contribution is 2.37. The number of fused-ring (bicyclic) bond motifs is 1. The van der Waals surface area contributed by atoms with Crippen molar-refractivity contribution >= 4 is 22.6 Å². The van der Waals surface area contributed by atoms with Crippen molar-refractivity contribution in [3.05, 3.63) is 59.7 Å². The van der Waals surface area contributed by atoms with E-state index >= 15 is 0 Å². The van der Waals surface area contributed by atoms with E-state index in [0.29, 0.717) is 39.8 Å². The predicted molar refractivity (Wildman–Crippen MR) is 135 cm³/mol. The Kier molecular flexibility index (Phi) is 5.17. The number of hydrogen-bond acceptors (Lipinski definition) is 7. The van der Waals surface area contributed by atoms with Crippen LogP contribution in [0.15, 0.2) is 47.0 Å². The summed E-state index contributed by atoms with van der Waals surface area (Å²) in [4.78, 5) is 18.5. The molecule has 0 aliphatic heterocycles. The van der Waals surface area contributed by atoms with Crippen LogP contribution in [0.2, 0.25) is 0 Å². The van der Waals surface area contributed by atoms with Crippen molar-refractivity contribution in [3.8, 4) is 22.6 Å². The second-order valence-corrected chi connectivity index (χ2v) is 9.52. The number of aromatic nitrogens is 7. The Labute approximate surface area is 207 Å². The third-order valence-electron chi connectivity index (χ3n) is 6.38. The summed E-state index contributed by atoms with van der Waals surface area (Å²) in [6, 6.07) is 11.8. The number of carbonyl (C=O) groups is 1. The maximum absolute atomic E-state index is 13.6. The van der Waals surface area contributed by atoms with Gasteiger partial charge in [0.25, 0.3) is 5.91 Å². The number of benzene rings is 1. The van der Waals surface area contributed by atoms with Crippen LogP contribution >= 0.6 is 0 Å². The van der Waals surface area contributed by atoms with Gasteiger partial charge < -0.3 is 9.73 Å². The molecule has 0 unspecified atom stereocenters. The molecule has 0 radical (unpaired) electrons. The number of hydrogen-bond donors (Lipinski definition) is 1. The third-order valence-corrected chi connectivity index (χ3v) is 6.38. The molecule has 10 nitrogen and oxygen atoms in total. The van der Waals surface area contributed by atoms with E-state index in [0.717, 1.165) is 35.5 Å². The Hall–Kier alpha value is -4.34. The van der Waals surface area contributed by atoms with Crippen molar-refractivity contribution in [2.45, 2.75) is 52.6 Å². The highest BCUT2D eigenvalue weighted by atomic mass is 16.3. The molecular weight excluding hydrogens is 456 g/mol. The van der Waals surface area contributed by atoms with E-state index < -0.39 is 0 Å². The first-order valence-electron chi connectivity index (χ1n) is 12.0. The van der Waals surface area contributed by atoms with Crippen molar-refractivity contribution in [2.75, 3.05) is 5.32 Å². The summed E-state index contributed by atoms with van der Waals surface area (Å²) in [6.07, 6.45) is 3.86. The molecule has 1 aromatic carbocycles. The molecule has 182 valence electrons. The average molecular weight is 483 g/mol. The van der Waals surface area contributed by atoms with Crippen molar-refractivity contribution in [2.24, 2.45) is 0 Å². The van der Waals surface area contributed by atoms with Gasteiger partial charge in [0, 0.05) is 22.9 Å². The summed E-state index contributed by atoms with van der Waals surface area (Å²) < 4.78 is 9.42. The van der Waals surface area contributed by atoms with Crippen LogP contribution in [0.5, 0.6) is 0 Å². The summed E-state index contributed by atoms with van der Waals surface area (Å²) in [5.41, 5.74) is 4.18. The number of tetrazole rings is 1. The first-order chi connectivity index (χ1) is 17.4. The zero-order valence-electron chi connectivity index (χ0n) is 20.6. The molecule has 0 saturated heterocycles. The fourth-order valence-electron chi connectivity index (χ4n) is 4.49. The monoisotopic (exact) mass is 482 g/mol. The molecule has 10 heteroatoms. The number of amides is 1. The van der Waals surface area contributed by atoms with Gasteiger partial charge in [-0.2, -0.15) is 5.10 Å². The summed E-state index contributed by atoms with van der Waals surface area (Å²) in [5.74, 6) is 2.00. The molecule has 5 aromatic rings.